The predicted molar refractivity (Wildman–Crippen MR) is 64.5 cm³/mol. The van der Waals surface area contributed by atoms with Crippen LogP contribution in [0.2, 0.25) is 5.02 Å². The van der Waals surface area contributed by atoms with Crippen molar-refractivity contribution in [3.8, 4) is 0 Å². The van der Waals surface area contributed by atoms with Gasteiger partial charge in [0.05, 0.1) is 6.10 Å². The quantitative estimate of drug-likeness (QED) is 0.829. The summed E-state index contributed by atoms with van der Waals surface area (Å²) < 4.78 is 0. The Labute approximate surface area is 101 Å². The van der Waals surface area contributed by atoms with Gasteiger partial charge < -0.3 is 10.4 Å². The van der Waals surface area contributed by atoms with Crippen molar-refractivity contribution in [3.63, 3.8) is 0 Å². The van der Waals surface area contributed by atoms with Crippen molar-refractivity contribution in [2.24, 2.45) is 5.92 Å². The second kappa shape index (κ2) is 3.46. The fourth-order valence-corrected chi connectivity index (χ4v) is 3.42. The molecule has 2 N–H and O–H groups in total. The maximum absolute atomic E-state index is 10.3. The second-order valence-corrected chi connectivity index (χ2v) is 5.84. The molecule has 86 valence electrons. The standard InChI is InChI=1S/C13H16ClNO/c1-13-6-9(7-13)11(15-13)12(16)8-3-2-4-10(14)5-8/h2-5,9,11-12,15-16H,6-7H2,1H3/t9?,11-,12+,13?/m1/s1. The van der Waals surface area contributed by atoms with Crippen LogP contribution in [0.3, 0.4) is 0 Å². The van der Waals surface area contributed by atoms with Crippen LogP contribution < -0.4 is 5.32 Å². The molecule has 1 aliphatic carbocycles. The lowest BCUT2D eigenvalue weighted by molar-refractivity contribution is 0.121. The number of hydrogen-bond acceptors (Lipinski definition) is 2. The summed E-state index contributed by atoms with van der Waals surface area (Å²) in [6, 6.07) is 7.72. The van der Waals surface area contributed by atoms with Crippen LogP contribution in [0.5, 0.6) is 0 Å². The van der Waals surface area contributed by atoms with Crippen LogP contribution in [0.4, 0.5) is 0 Å². The van der Waals surface area contributed by atoms with Gasteiger partial charge in [-0.1, -0.05) is 23.7 Å². The van der Waals surface area contributed by atoms with Crippen molar-refractivity contribution in [3.05, 3.63) is 34.9 Å². The molecular weight excluding hydrogens is 222 g/mol. The molecule has 0 aromatic heterocycles. The number of rotatable bonds is 2. The van der Waals surface area contributed by atoms with Gasteiger partial charge in [-0.05, 0) is 43.4 Å². The highest BCUT2D eigenvalue weighted by molar-refractivity contribution is 6.30. The van der Waals surface area contributed by atoms with Gasteiger partial charge in [0.1, 0.15) is 0 Å². The van der Waals surface area contributed by atoms with Crippen molar-refractivity contribution < 1.29 is 5.11 Å². The molecule has 3 heteroatoms. The van der Waals surface area contributed by atoms with Crippen molar-refractivity contribution in [1.29, 1.82) is 0 Å². The predicted octanol–water partition coefficient (Wildman–Crippen LogP) is 2.51. The lowest BCUT2D eigenvalue weighted by Gasteiger charge is -2.33. The molecule has 1 aromatic rings. The Balaban J connectivity index is 1.81. The second-order valence-electron chi connectivity index (χ2n) is 5.40. The van der Waals surface area contributed by atoms with Crippen LogP contribution in [0, 0.1) is 5.92 Å². The number of fused-ring (bicyclic) bond motifs is 1. The summed E-state index contributed by atoms with van der Waals surface area (Å²) in [5.74, 6) is 0.624. The number of hydrogen-bond donors (Lipinski definition) is 2. The van der Waals surface area contributed by atoms with Crippen LogP contribution in [0.25, 0.3) is 0 Å². The zero-order chi connectivity index (χ0) is 11.3. The van der Waals surface area contributed by atoms with E-state index < -0.39 is 6.10 Å². The Morgan fingerprint density at radius 3 is 2.81 bits per heavy atom. The minimum absolute atomic E-state index is 0.198. The molecule has 0 unspecified atom stereocenters. The minimum Gasteiger partial charge on any atom is -0.387 e. The Morgan fingerprint density at radius 1 is 1.50 bits per heavy atom. The van der Waals surface area contributed by atoms with Crippen molar-refractivity contribution >= 4 is 11.6 Å². The lowest BCUT2D eigenvalue weighted by atomic mass is 9.72. The highest BCUT2D eigenvalue weighted by Gasteiger charge is 2.54. The van der Waals surface area contributed by atoms with Crippen LogP contribution >= 0.6 is 11.6 Å². The van der Waals surface area contributed by atoms with E-state index in [-0.39, 0.29) is 11.6 Å². The van der Waals surface area contributed by atoms with E-state index in [1.807, 2.05) is 24.3 Å². The molecule has 2 saturated heterocycles. The molecule has 2 aliphatic heterocycles. The van der Waals surface area contributed by atoms with Crippen molar-refractivity contribution in [1.82, 2.24) is 5.32 Å². The third kappa shape index (κ3) is 1.56. The Kier molecular flexibility index (Phi) is 2.29. The fraction of sp³-hybridized carbons (Fsp3) is 0.538. The molecule has 0 amide bonds. The number of nitrogens with one attached hydrogen (secondary N) is 1. The monoisotopic (exact) mass is 237 g/mol. The van der Waals surface area contributed by atoms with Crippen LogP contribution in [-0.4, -0.2) is 16.7 Å². The van der Waals surface area contributed by atoms with E-state index in [0.717, 1.165) is 5.56 Å². The average Bonchev–Trinajstić information content (AvgIpc) is 2.70. The summed E-state index contributed by atoms with van der Waals surface area (Å²) in [5, 5.41) is 14.6. The first-order valence-corrected chi connectivity index (χ1v) is 6.16. The van der Waals surface area contributed by atoms with Gasteiger partial charge in [0.2, 0.25) is 0 Å². The first kappa shape index (κ1) is 10.6. The first-order chi connectivity index (χ1) is 7.57. The number of halogens is 1. The number of aliphatic hydroxyl groups excluding tert-OH is 1. The topological polar surface area (TPSA) is 32.3 Å². The Hall–Kier alpha value is -0.570. The Bertz CT molecular complexity index is 414. The lowest BCUT2D eigenvalue weighted by Crippen LogP contribution is -2.40. The summed E-state index contributed by atoms with van der Waals surface area (Å²) >= 11 is 5.94. The van der Waals surface area contributed by atoms with Crippen LogP contribution in [-0.2, 0) is 0 Å². The highest BCUT2D eigenvalue weighted by atomic mass is 35.5. The van der Waals surface area contributed by atoms with Crippen LogP contribution in [0.1, 0.15) is 31.4 Å². The van der Waals surface area contributed by atoms with Gasteiger partial charge in [0.25, 0.3) is 0 Å². The molecule has 2 nitrogen and oxygen atoms in total. The third-order valence-corrected chi connectivity index (χ3v) is 4.21. The molecule has 2 heterocycles. The van der Waals surface area contributed by atoms with Gasteiger partial charge in [0, 0.05) is 16.6 Å². The van der Waals surface area contributed by atoms with Crippen molar-refractivity contribution in [2.45, 2.75) is 37.5 Å². The minimum atomic E-state index is -0.437. The molecule has 16 heavy (non-hydrogen) atoms. The van der Waals surface area contributed by atoms with E-state index in [2.05, 4.69) is 12.2 Å². The number of benzene rings is 1. The summed E-state index contributed by atoms with van der Waals surface area (Å²) in [6.07, 6.45) is 1.94. The third-order valence-electron chi connectivity index (χ3n) is 3.98. The summed E-state index contributed by atoms with van der Waals surface area (Å²) in [7, 11) is 0. The maximum atomic E-state index is 10.3. The zero-order valence-corrected chi connectivity index (χ0v) is 10.0. The van der Waals surface area contributed by atoms with E-state index in [4.69, 9.17) is 11.6 Å². The molecule has 3 aliphatic rings. The Morgan fingerprint density at radius 2 is 2.25 bits per heavy atom. The molecule has 4 rings (SSSR count). The molecule has 0 radical (unpaired) electrons. The maximum Gasteiger partial charge on any atom is 0.0946 e. The molecule has 2 atom stereocenters. The van der Waals surface area contributed by atoms with Gasteiger partial charge in [0.15, 0.2) is 0 Å². The smallest absolute Gasteiger partial charge is 0.0946 e. The van der Waals surface area contributed by atoms with E-state index >= 15 is 0 Å². The van der Waals surface area contributed by atoms with E-state index in [1.54, 1.807) is 0 Å². The summed E-state index contributed by atoms with van der Waals surface area (Å²) in [5.41, 5.74) is 1.19. The highest BCUT2D eigenvalue weighted by Crippen LogP contribution is 2.50. The van der Waals surface area contributed by atoms with E-state index in [9.17, 15) is 5.11 Å². The SMILES string of the molecule is CC12CC(C1)[C@H]([C@@H](O)c1cccc(Cl)c1)N2. The van der Waals surface area contributed by atoms with Gasteiger partial charge in [-0.2, -0.15) is 0 Å². The van der Waals surface area contributed by atoms with Crippen LogP contribution in [0.15, 0.2) is 24.3 Å². The van der Waals surface area contributed by atoms with Gasteiger partial charge >= 0.3 is 0 Å². The first-order valence-electron chi connectivity index (χ1n) is 5.79. The van der Waals surface area contributed by atoms with Gasteiger partial charge in [-0.15, -0.1) is 0 Å². The molecule has 3 fully saturated rings. The normalized spacial score (nSPS) is 38.2. The molecule has 2 bridgehead atoms. The van der Waals surface area contributed by atoms with E-state index in [1.165, 1.54) is 12.8 Å². The summed E-state index contributed by atoms with van der Waals surface area (Å²) in [6.45, 7) is 2.23. The summed E-state index contributed by atoms with van der Waals surface area (Å²) in [4.78, 5) is 0. The largest absolute Gasteiger partial charge is 0.387 e. The molecular formula is C13H16ClNO. The average molecular weight is 238 g/mol. The number of aliphatic hydroxyl groups is 1. The van der Waals surface area contributed by atoms with E-state index in [0.29, 0.717) is 10.9 Å². The molecule has 1 saturated carbocycles. The van der Waals surface area contributed by atoms with Gasteiger partial charge in [-0.3, -0.25) is 0 Å². The zero-order valence-electron chi connectivity index (χ0n) is 9.28. The molecule has 1 aromatic carbocycles. The van der Waals surface area contributed by atoms with Gasteiger partial charge in [-0.25, -0.2) is 0 Å². The van der Waals surface area contributed by atoms with Crippen molar-refractivity contribution in [2.75, 3.05) is 0 Å². The molecule has 0 spiro atoms. The fourth-order valence-electron chi connectivity index (χ4n) is 3.22.